The van der Waals surface area contributed by atoms with Crippen LogP contribution in [0.5, 0.6) is 0 Å². The summed E-state index contributed by atoms with van der Waals surface area (Å²) in [4.78, 5) is 14.2. The molecule has 1 aromatic rings. The van der Waals surface area contributed by atoms with Crippen molar-refractivity contribution in [2.45, 2.75) is 45.1 Å². The summed E-state index contributed by atoms with van der Waals surface area (Å²) in [6.45, 7) is 6.15. The van der Waals surface area contributed by atoms with E-state index in [1.165, 1.54) is 0 Å². The molecule has 0 unspecified atom stereocenters. The van der Waals surface area contributed by atoms with Gasteiger partial charge in [-0.15, -0.1) is 0 Å². The van der Waals surface area contributed by atoms with Crippen LogP contribution in [0.4, 0.5) is 22.0 Å². The van der Waals surface area contributed by atoms with Gasteiger partial charge in [-0.05, 0) is 27.7 Å². The SMILES string of the molecule is CC1(C)OB(c2ccc(/C(C=NCC(N)=O)=C(/N)C(F)(F)F)c(F)c2F)OC1(C)C. The van der Waals surface area contributed by atoms with Gasteiger partial charge in [-0.1, -0.05) is 12.1 Å². The molecule has 0 radical (unpaired) electrons. The first-order valence-corrected chi connectivity index (χ1v) is 8.77. The van der Waals surface area contributed by atoms with E-state index >= 15 is 0 Å². The topological polar surface area (TPSA) is 99.9 Å². The maximum atomic E-state index is 14.8. The first-order valence-electron chi connectivity index (χ1n) is 8.77. The highest BCUT2D eigenvalue weighted by Gasteiger charge is 2.52. The Kier molecular flexibility index (Phi) is 6.34. The van der Waals surface area contributed by atoms with Crippen LogP contribution >= 0.6 is 0 Å². The van der Waals surface area contributed by atoms with Crippen LogP contribution in [-0.2, 0) is 14.1 Å². The molecule has 0 bridgehead atoms. The molecule has 30 heavy (non-hydrogen) atoms. The summed E-state index contributed by atoms with van der Waals surface area (Å²) in [6, 6.07) is 1.95. The van der Waals surface area contributed by atoms with Gasteiger partial charge in [0.25, 0.3) is 0 Å². The van der Waals surface area contributed by atoms with E-state index in [1.807, 2.05) is 0 Å². The molecule has 1 aliphatic rings. The average Bonchev–Trinajstić information content (AvgIpc) is 2.80. The Hall–Kier alpha value is -2.47. The van der Waals surface area contributed by atoms with Crippen molar-refractivity contribution in [1.82, 2.24) is 0 Å². The molecule has 1 heterocycles. The lowest BCUT2D eigenvalue weighted by Gasteiger charge is -2.32. The zero-order chi connectivity index (χ0) is 23.1. The number of alkyl halides is 3. The number of amides is 1. The number of aliphatic imine (C=N–C) groups is 1. The third kappa shape index (κ3) is 4.64. The van der Waals surface area contributed by atoms with E-state index in [9.17, 15) is 26.7 Å². The van der Waals surface area contributed by atoms with Crippen molar-refractivity contribution in [1.29, 1.82) is 0 Å². The minimum absolute atomic E-state index is 0.325. The molecule has 1 saturated heterocycles. The van der Waals surface area contributed by atoms with Crippen molar-refractivity contribution >= 4 is 30.3 Å². The molecular weight excluding hydrogens is 412 g/mol. The van der Waals surface area contributed by atoms with Crippen molar-refractivity contribution in [2.24, 2.45) is 16.5 Å². The van der Waals surface area contributed by atoms with Crippen molar-refractivity contribution in [3.63, 3.8) is 0 Å². The molecule has 1 fully saturated rings. The Bertz CT molecular complexity index is 897. The maximum absolute atomic E-state index is 14.8. The van der Waals surface area contributed by atoms with Gasteiger partial charge in [0.05, 0.1) is 11.2 Å². The molecule has 1 aliphatic heterocycles. The van der Waals surface area contributed by atoms with E-state index in [0.717, 1.165) is 12.1 Å². The molecule has 2 rings (SSSR count). The molecule has 4 N–H and O–H groups in total. The molecule has 6 nitrogen and oxygen atoms in total. The molecule has 0 aliphatic carbocycles. The minimum atomic E-state index is -5.05. The van der Waals surface area contributed by atoms with Crippen molar-refractivity contribution in [3.8, 4) is 0 Å². The monoisotopic (exact) mass is 433 g/mol. The van der Waals surface area contributed by atoms with E-state index in [1.54, 1.807) is 27.7 Å². The Morgan fingerprint density at radius 3 is 2.10 bits per heavy atom. The van der Waals surface area contributed by atoms with Gasteiger partial charge in [-0.2, -0.15) is 13.2 Å². The molecule has 0 saturated carbocycles. The number of carbonyl (C=O) groups is 1. The normalized spacial score (nSPS) is 19.3. The molecule has 164 valence electrons. The number of carbonyl (C=O) groups excluding carboxylic acids is 1. The van der Waals surface area contributed by atoms with Crippen LogP contribution in [0.25, 0.3) is 5.57 Å². The van der Waals surface area contributed by atoms with Gasteiger partial charge in [-0.25, -0.2) is 8.78 Å². The Balaban J connectivity index is 2.55. The Morgan fingerprint density at radius 1 is 1.10 bits per heavy atom. The molecule has 0 aromatic heterocycles. The predicted molar refractivity (Wildman–Crippen MR) is 102 cm³/mol. The lowest BCUT2D eigenvalue weighted by atomic mass is 9.77. The third-order valence-corrected chi connectivity index (χ3v) is 4.97. The van der Waals surface area contributed by atoms with Crippen LogP contribution in [-0.4, -0.2) is 43.2 Å². The predicted octanol–water partition coefficient (Wildman–Crippen LogP) is 2.05. The van der Waals surface area contributed by atoms with E-state index in [-0.39, 0.29) is 5.46 Å². The number of benzene rings is 1. The lowest BCUT2D eigenvalue weighted by molar-refractivity contribution is -0.116. The zero-order valence-corrected chi connectivity index (χ0v) is 16.7. The van der Waals surface area contributed by atoms with Crippen LogP contribution < -0.4 is 16.9 Å². The lowest BCUT2D eigenvalue weighted by Crippen LogP contribution is -2.41. The maximum Gasteiger partial charge on any atom is 0.497 e. The van der Waals surface area contributed by atoms with E-state index < -0.39 is 65.4 Å². The van der Waals surface area contributed by atoms with Gasteiger partial charge in [0, 0.05) is 22.8 Å². The fourth-order valence-electron chi connectivity index (χ4n) is 2.59. The second kappa shape index (κ2) is 7.99. The van der Waals surface area contributed by atoms with Crippen LogP contribution in [0.3, 0.4) is 0 Å². The number of nitrogens with two attached hydrogens (primary N) is 2. The quantitative estimate of drug-likeness (QED) is 0.422. The van der Waals surface area contributed by atoms with Crippen LogP contribution in [0.1, 0.15) is 33.3 Å². The summed E-state index contributed by atoms with van der Waals surface area (Å²) in [5.41, 5.74) is 4.53. The summed E-state index contributed by atoms with van der Waals surface area (Å²) in [6.07, 6.45) is -4.53. The van der Waals surface area contributed by atoms with Crippen molar-refractivity contribution in [3.05, 3.63) is 35.0 Å². The molecule has 0 atom stereocenters. The molecule has 1 amide bonds. The Morgan fingerprint density at radius 2 is 1.63 bits per heavy atom. The largest absolute Gasteiger partial charge is 0.497 e. The minimum Gasteiger partial charge on any atom is -0.399 e. The van der Waals surface area contributed by atoms with Gasteiger partial charge in [-0.3, -0.25) is 9.79 Å². The molecular formula is C18H21BF5N3O3. The summed E-state index contributed by atoms with van der Waals surface area (Å²) in [5.74, 6) is -3.99. The second-order valence-corrected chi connectivity index (χ2v) is 7.68. The number of hydrogen-bond donors (Lipinski definition) is 2. The molecule has 1 aromatic carbocycles. The fourth-order valence-corrected chi connectivity index (χ4v) is 2.59. The van der Waals surface area contributed by atoms with Crippen molar-refractivity contribution in [2.75, 3.05) is 6.54 Å². The number of rotatable bonds is 5. The first-order chi connectivity index (χ1) is 13.6. The van der Waals surface area contributed by atoms with E-state index in [2.05, 4.69) is 4.99 Å². The van der Waals surface area contributed by atoms with Crippen LogP contribution in [0, 0.1) is 11.6 Å². The van der Waals surface area contributed by atoms with Crippen LogP contribution in [0.15, 0.2) is 22.8 Å². The zero-order valence-electron chi connectivity index (χ0n) is 16.7. The van der Waals surface area contributed by atoms with Gasteiger partial charge in [0.2, 0.25) is 5.91 Å². The molecule has 0 spiro atoms. The van der Waals surface area contributed by atoms with Gasteiger partial charge >= 0.3 is 13.3 Å². The number of primary amides is 1. The van der Waals surface area contributed by atoms with E-state index in [0.29, 0.717) is 6.21 Å². The highest BCUT2D eigenvalue weighted by Crippen LogP contribution is 2.37. The highest BCUT2D eigenvalue weighted by atomic mass is 19.4. The van der Waals surface area contributed by atoms with E-state index in [4.69, 9.17) is 20.8 Å². The number of allylic oxidation sites excluding steroid dienone is 2. The fraction of sp³-hybridized carbons (Fsp3) is 0.444. The highest BCUT2D eigenvalue weighted by molar-refractivity contribution is 6.62. The second-order valence-electron chi connectivity index (χ2n) is 7.68. The van der Waals surface area contributed by atoms with Crippen LogP contribution in [0.2, 0.25) is 0 Å². The van der Waals surface area contributed by atoms with Gasteiger partial charge < -0.3 is 20.8 Å². The number of hydrogen-bond acceptors (Lipinski definition) is 5. The third-order valence-electron chi connectivity index (χ3n) is 4.97. The first kappa shape index (κ1) is 23.8. The standard InChI is InChI=1S/C18H21BF5N3O3/c1-16(2)17(3,4)30-19(29-16)11-6-5-9(13(20)14(11)21)10(7-27-8-12(25)28)15(26)18(22,23)24/h5-7H,8,26H2,1-4H3,(H2,25,28)/b15-10+,27-7?. The summed E-state index contributed by atoms with van der Waals surface area (Å²) in [5, 5.41) is 0. The smallest absolute Gasteiger partial charge is 0.399 e. The number of nitrogens with zero attached hydrogens (tertiary/aromatic N) is 1. The average molecular weight is 433 g/mol. The van der Waals surface area contributed by atoms with Gasteiger partial charge in [0.1, 0.15) is 12.2 Å². The molecule has 12 heteroatoms. The summed E-state index contributed by atoms with van der Waals surface area (Å²) < 4.78 is 80.2. The van der Waals surface area contributed by atoms with Crippen molar-refractivity contribution < 1.29 is 36.1 Å². The summed E-state index contributed by atoms with van der Waals surface area (Å²) >= 11 is 0. The number of halogens is 5. The van der Waals surface area contributed by atoms with Gasteiger partial charge in [0.15, 0.2) is 11.6 Å². The Labute approximate surface area is 170 Å². The summed E-state index contributed by atoms with van der Waals surface area (Å²) in [7, 11) is -1.27.